The first-order valence-corrected chi connectivity index (χ1v) is 8.40. The van der Waals surface area contributed by atoms with Crippen LogP contribution >= 0.6 is 15.9 Å². The SMILES string of the molecule is NC(=O)c1cc(Br)cc(S(=O)(=O)N2CCCC(N)C2)c1. The molecule has 1 aliphatic rings. The molecule has 1 unspecified atom stereocenters. The number of rotatable bonds is 3. The first kappa shape index (κ1) is 15.4. The number of benzene rings is 1. The zero-order valence-corrected chi connectivity index (χ0v) is 13.2. The third kappa shape index (κ3) is 3.20. The molecule has 1 amide bonds. The number of sulfonamides is 1. The second-order valence-corrected chi connectivity index (χ2v) is 7.66. The van der Waals surface area contributed by atoms with Gasteiger partial charge in [-0.3, -0.25) is 4.79 Å². The molecule has 1 saturated heterocycles. The number of piperidine rings is 1. The number of nitrogens with zero attached hydrogens (tertiary/aromatic N) is 1. The maximum Gasteiger partial charge on any atom is 0.248 e. The van der Waals surface area contributed by atoms with Gasteiger partial charge in [-0.05, 0) is 31.0 Å². The molecule has 1 heterocycles. The Kier molecular flexibility index (Phi) is 4.48. The maximum atomic E-state index is 12.6. The van der Waals surface area contributed by atoms with Crippen LogP contribution < -0.4 is 11.5 Å². The van der Waals surface area contributed by atoms with Crippen LogP contribution in [0, 0.1) is 0 Å². The third-order valence-corrected chi connectivity index (χ3v) is 5.51. The van der Waals surface area contributed by atoms with Crippen LogP contribution in [0.2, 0.25) is 0 Å². The number of primary amides is 1. The summed E-state index contributed by atoms with van der Waals surface area (Å²) < 4.78 is 27.0. The van der Waals surface area contributed by atoms with Crippen molar-refractivity contribution in [3.63, 3.8) is 0 Å². The fraction of sp³-hybridized carbons (Fsp3) is 0.417. The number of carbonyl (C=O) groups is 1. The monoisotopic (exact) mass is 361 g/mol. The van der Waals surface area contributed by atoms with Gasteiger partial charge in [-0.2, -0.15) is 4.31 Å². The molecular formula is C12H16BrN3O3S. The Bertz CT molecular complexity index is 633. The lowest BCUT2D eigenvalue weighted by Gasteiger charge is -2.30. The van der Waals surface area contributed by atoms with Crippen LogP contribution in [-0.2, 0) is 10.0 Å². The molecule has 1 atom stereocenters. The number of nitrogens with two attached hydrogens (primary N) is 2. The van der Waals surface area contributed by atoms with Crippen molar-refractivity contribution < 1.29 is 13.2 Å². The van der Waals surface area contributed by atoms with Gasteiger partial charge in [-0.1, -0.05) is 15.9 Å². The first-order valence-electron chi connectivity index (χ1n) is 6.17. The second kappa shape index (κ2) is 5.80. The van der Waals surface area contributed by atoms with Crippen LogP contribution in [0.1, 0.15) is 23.2 Å². The molecule has 1 aromatic rings. The molecular weight excluding hydrogens is 346 g/mol. The Morgan fingerprint density at radius 1 is 1.35 bits per heavy atom. The fourth-order valence-electron chi connectivity index (χ4n) is 2.20. The molecule has 8 heteroatoms. The standard InChI is InChI=1S/C12H16BrN3O3S/c13-9-4-8(12(15)17)5-11(6-9)20(18,19)16-3-1-2-10(14)7-16/h4-6,10H,1-3,7,14H2,(H2,15,17). The summed E-state index contributed by atoms with van der Waals surface area (Å²) in [7, 11) is -3.66. The lowest BCUT2D eigenvalue weighted by Crippen LogP contribution is -2.45. The zero-order valence-electron chi connectivity index (χ0n) is 10.8. The van der Waals surface area contributed by atoms with Gasteiger partial charge in [0.2, 0.25) is 15.9 Å². The molecule has 20 heavy (non-hydrogen) atoms. The number of hydrogen-bond donors (Lipinski definition) is 2. The summed E-state index contributed by atoms with van der Waals surface area (Å²) in [6.45, 7) is 0.731. The minimum Gasteiger partial charge on any atom is -0.366 e. The van der Waals surface area contributed by atoms with Crippen molar-refractivity contribution in [3.05, 3.63) is 28.2 Å². The average molecular weight is 362 g/mol. The summed E-state index contributed by atoms with van der Waals surface area (Å²) in [6, 6.07) is 4.09. The maximum absolute atomic E-state index is 12.6. The van der Waals surface area contributed by atoms with E-state index in [2.05, 4.69) is 15.9 Å². The third-order valence-electron chi connectivity index (χ3n) is 3.21. The van der Waals surface area contributed by atoms with Crippen LogP contribution in [0.15, 0.2) is 27.6 Å². The lowest BCUT2D eigenvalue weighted by molar-refractivity contribution is 0.1000. The van der Waals surface area contributed by atoms with Gasteiger partial charge in [0.25, 0.3) is 0 Å². The Balaban J connectivity index is 2.41. The smallest absolute Gasteiger partial charge is 0.248 e. The first-order chi connectivity index (χ1) is 9.30. The topological polar surface area (TPSA) is 106 Å². The molecule has 0 bridgehead atoms. The van der Waals surface area contributed by atoms with Gasteiger partial charge in [-0.15, -0.1) is 0 Å². The zero-order chi connectivity index (χ0) is 14.9. The molecule has 0 spiro atoms. The van der Waals surface area contributed by atoms with Gasteiger partial charge in [0.05, 0.1) is 4.90 Å². The summed E-state index contributed by atoms with van der Waals surface area (Å²) in [5.74, 6) is -0.668. The van der Waals surface area contributed by atoms with Gasteiger partial charge >= 0.3 is 0 Å². The summed E-state index contributed by atoms with van der Waals surface area (Å²) in [5, 5.41) is 0. The van der Waals surface area contributed by atoms with E-state index in [1.54, 1.807) is 0 Å². The van der Waals surface area contributed by atoms with E-state index in [0.29, 0.717) is 17.6 Å². The molecule has 2 rings (SSSR count). The van der Waals surface area contributed by atoms with Crippen molar-refractivity contribution in [2.45, 2.75) is 23.8 Å². The Labute approximate surface area is 126 Å². The number of hydrogen-bond acceptors (Lipinski definition) is 4. The number of carbonyl (C=O) groups excluding carboxylic acids is 1. The lowest BCUT2D eigenvalue weighted by atomic mass is 10.1. The van der Waals surface area contributed by atoms with Crippen LogP contribution in [0.5, 0.6) is 0 Å². The average Bonchev–Trinajstić information content (AvgIpc) is 2.38. The predicted octanol–water partition coefficient (Wildman–Crippen LogP) is 0.660. The van der Waals surface area contributed by atoms with E-state index in [0.717, 1.165) is 12.8 Å². The van der Waals surface area contributed by atoms with E-state index >= 15 is 0 Å². The molecule has 0 saturated carbocycles. The van der Waals surface area contributed by atoms with E-state index < -0.39 is 15.9 Å². The highest BCUT2D eigenvalue weighted by Gasteiger charge is 2.29. The summed E-state index contributed by atoms with van der Waals surface area (Å²) in [5.41, 5.74) is 11.2. The molecule has 1 fully saturated rings. The van der Waals surface area contributed by atoms with E-state index in [9.17, 15) is 13.2 Å². The van der Waals surface area contributed by atoms with E-state index in [-0.39, 0.29) is 16.5 Å². The number of halogens is 1. The highest BCUT2D eigenvalue weighted by atomic mass is 79.9. The highest BCUT2D eigenvalue weighted by molar-refractivity contribution is 9.10. The van der Waals surface area contributed by atoms with Gasteiger partial charge in [-0.25, -0.2) is 8.42 Å². The van der Waals surface area contributed by atoms with Crippen LogP contribution in [-0.4, -0.2) is 37.8 Å². The minimum atomic E-state index is -3.66. The normalized spacial score (nSPS) is 20.8. The highest BCUT2D eigenvalue weighted by Crippen LogP contribution is 2.24. The minimum absolute atomic E-state index is 0.0507. The van der Waals surface area contributed by atoms with Crippen molar-refractivity contribution in [3.8, 4) is 0 Å². The van der Waals surface area contributed by atoms with E-state index in [1.165, 1.54) is 22.5 Å². The molecule has 6 nitrogen and oxygen atoms in total. The number of amides is 1. The van der Waals surface area contributed by atoms with Crippen molar-refractivity contribution in [2.24, 2.45) is 11.5 Å². The van der Waals surface area contributed by atoms with E-state index in [4.69, 9.17) is 11.5 Å². The van der Waals surface area contributed by atoms with Crippen LogP contribution in [0.4, 0.5) is 0 Å². The van der Waals surface area contributed by atoms with Gasteiger partial charge < -0.3 is 11.5 Å². The van der Waals surface area contributed by atoms with Crippen molar-refractivity contribution in [2.75, 3.05) is 13.1 Å². The quantitative estimate of drug-likeness (QED) is 0.824. The van der Waals surface area contributed by atoms with Crippen molar-refractivity contribution in [1.29, 1.82) is 0 Å². The van der Waals surface area contributed by atoms with Crippen molar-refractivity contribution >= 4 is 31.9 Å². The Morgan fingerprint density at radius 3 is 2.65 bits per heavy atom. The largest absolute Gasteiger partial charge is 0.366 e. The molecule has 0 aliphatic carbocycles. The molecule has 110 valence electrons. The molecule has 0 radical (unpaired) electrons. The van der Waals surface area contributed by atoms with Gasteiger partial charge in [0.15, 0.2) is 0 Å². The molecule has 1 aromatic carbocycles. The molecule has 1 aliphatic heterocycles. The summed E-state index contributed by atoms with van der Waals surface area (Å²) in [6.07, 6.45) is 1.55. The van der Waals surface area contributed by atoms with Gasteiger partial charge in [0, 0.05) is 29.2 Å². The van der Waals surface area contributed by atoms with Gasteiger partial charge in [0.1, 0.15) is 0 Å². The summed E-state index contributed by atoms with van der Waals surface area (Å²) in [4.78, 5) is 11.3. The Hall–Kier alpha value is -0.960. The van der Waals surface area contributed by atoms with E-state index in [1.807, 2.05) is 0 Å². The molecule has 0 aromatic heterocycles. The molecule has 4 N–H and O–H groups in total. The fourth-order valence-corrected chi connectivity index (χ4v) is 4.45. The van der Waals surface area contributed by atoms with Crippen LogP contribution in [0.3, 0.4) is 0 Å². The second-order valence-electron chi connectivity index (χ2n) is 4.81. The van der Waals surface area contributed by atoms with Crippen LogP contribution in [0.25, 0.3) is 0 Å². The van der Waals surface area contributed by atoms with Crippen molar-refractivity contribution in [1.82, 2.24) is 4.31 Å². The predicted molar refractivity (Wildman–Crippen MR) is 78.6 cm³/mol. The Morgan fingerprint density at radius 2 is 2.05 bits per heavy atom. The summed E-state index contributed by atoms with van der Waals surface area (Å²) >= 11 is 3.19.